The summed E-state index contributed by atoms with van der Waals surface area (Å²) in [5.74, 6) is -2.25. The third-order valence-corrected chi connectivity index (χ3v) is 2.51. The first kappa shape index (κ1) is 13.1. The number of allylic oxidation sites excluding steroid dienone is 1. The van der Waals surface area contributed by atoms with Gasteiger partial charge in [-0.15, -0.1) is 0 Å². The summed E-state index contributed by atoms with van der Waals surface area (Å²) < 4.78 is 38.7. The predicted molar refractivity (Wildman–Crippen MR) is 66.1 cm³/mol. The minimum absolute atomic E-state index is 0.108. The third kappa shape index (κ3) is 3.31. The summed E-state index contributed by atoms with van der Waals surface area (Å²) in [5, 5.41) is 0. The van der Waals surface area contributed by atoms with Crippen molar-refractivity contribution in [1.29, 1.82) is 0 Å². The summed E-state index contributed by atoms with van der Waals surface area (Å²) in [6.07, 6.45) is 2.41. The van der Waals surface area contributed by atoms with E-state index in [1.807, 2.05) is 0 Å². The molecule has 0 aliphatic heterocycles. The first-order valence-electron chi connectivity index (χ1n) is 5.49. The van der Waals surface area contributed by atoms with Crippen molar-refractivity contribution >= 4 is 11.9 Å². The number of benzene rings is 2. The Morgan fingerprint density at radius 3 is 2.16 bits per heavy atom. The molecular formula is C15H9F3O. The van der Waals surface area contributed by atoms with E-state index in [0.29, 0.717) is 5.56 Å². The number of ketones is 1. The highest BCUT2D eigenvalue weighted by Gasteiger charge is 2.04. The zero-order valence-corrected chi connectivity index (χ0v) is 9.74. The van der Waals surface area contributed by atoms with E-state index in [4.69, 9.17) is 0 Å². The number of hydrogen-bond acceptors (Lipinski definition) is 1. The van der Waals surface area contributed by atoms with E-state index >= 15 is 0 Å². The van der Waals surface area contributed by atoms with Crippen molar-refractivity contribution in [1.82, 2.24) is 0 Å². The molecule has 1 nitrogen and oxygen atoms in total. The fraction of sp³-hybridized carbons (Fsp3) is 0. The number of rotatable bonds is 3. The van der Waals surface area contributed by atoms with Crippen LogP contribution in [0.1, 0.15) is 15.9 Å². The van der Waals surface area contributed by atoms with Crippen LogP contribution in [0.3, 0.4) is 0 Å². The van der Waals surface area contributed by atoms with Crippen LogP contribution < -0.4 is 0 Å². The van der Waals surface area contributed by atoms with Crippen molar-refractivity contribution in [2.45, 2.75) is 0 Å². The van der Waals surface area contributed by atoms with Crippen LogP contribution in [0.25, 0.3) is 6.08 Å². The maximum atomic E-state index is 13.3. The Kier molecular flexibility index (Phi) is 3.80. The molecule has 0 saturated carbocycles. The second-order valence-corrected chi connectivity index (χ2v) is 3.87. The zero-order valence-electron chi connectivity index (χ0n) is 9.74. The summed E-state index contributed by atoms with van der Waals surface area (Å²) in [6.45, 7) is 0. The van der Waals surface area contributed by atoms with Gasteiger partial charge in [0.2, 0.25) is 0 Å². The monoisotopic (exact) mass is 262 g/mol. The molecule has 2 aromatic carbocycles. The molecule has 0 spiro atoms. The third-order valence-electron chi connectivity index (χ3n) is 2.51. The van der Waals surface area contributed by atoms with E-state index in [1.54, 1.807) is 0 Å². The highest BCUT2D eigenvalue weighted by Crippen LogP contribution is 2.12. The topological polar surface area (TPSA) is 17.1 Å². The van der Waals surface area contributed by atoms with Crippen molar-refractivity contribution in [3.8, 4) is 0 Å². The van der Waals surface area contributed by atoms with Gasteiger partial charge in [0.15, 0.2) is 5.78 Å². The van der Waals surface area contributed by atoms with Crippen LogP contribution in [0.5, 0.6) is 0 Å². The van der Waals surface area contributed by atoms with E-state index in [1.165, 1.54) is 36.4 Å². The minimum atomic E-state index is -0.747. The summed E-state index contributed by atoms with van der Waals surface area (Å²) in [6, 6.07) is 8.08. The Morgan fingerprint density at radius 1 is 0.895 bits per heavy atom. The van der Waals surface area contributed by atoms with Crippen LogP contribution in [0.15, 0.2) is 48.5 Å². The Balaban J connectivity index is 2.18. The summed E-state index contributed by atoms with van der Waals surface area (Å²) in [5.41, 5.74) is 0.400. The lowest BCUT2D eigenvalue weighted by Crippen LogP contribution is -1.94. The molecule has 0 heterocycles. The zero-order chi connectivity index (χ0) is 13.8. The van der Waals surface area contributed by atoms with E-state index in [0.717, 1.165) is 18.2 Å². The lowest BCUT2D eigenvalue weighted by Gasteiger charge is -1.97. The average Bonchev–Trinajstić information content (AvgIpc) is 2.38. The fourth-order valence-corrected chi connectivity index (χ4v) is 1.51. The van der Waals surface area contributed by atoms with Gasteiger partial charge in [-0.1, -0.05) is 0 Å². The Morgan fingerprint density at radius 2 is 1.53 bits per heavy atom. The summed E-state index contributed by atoms with van der Waals surface area (Å²) >= 11 is 0. The second-order valence-electron chi connectivity index (χ2n) is 3.87. The standard InChI is InChI=1S/C15H9F3O/c16-12-5-2-11(3-6-12)15(19)8-4-10-1-7-13(17)9-14(10)18/h1-9H/b8-4+. The van der Waals surface area contributed by atoms with Gasteiger partial charge in [-0.3, -0.25) is 4.79 Å². The van der Waals surface area contributed by atoms with Gasteiger partial charge in [0.05, 0.1) is 0 Å². The number of carbonyl (C=O) groups excluding carboxylic acids is 1. The minimum Gasteiger partial charge on any atom is -0.289 e. The molecule has 2 aromatic rings. The number of halogens is 3. The van der Waals surface area contributed by atoms with Gasteiger partial charge in [0.1, 0.15) is 17.5 Å². The van der Waals surface area contributed by atoms with Crippen molar-refractivity contribution in [3.05, 3.63) is 77.1 Å². The molecule has 0 unspecified atom stereocenters. The van der Waals surface area contributed by atoms with Crippen molar-refractivity contribution in [2.75, 3.05) is 0 Å². The molecule has 0 fully saturated rings. The van der Waals surface area contributed by atoms with Gasteiger partial charge in [0.25, 0.3) is 0 Å². The molecule has 4 heteroatoms. The molecule has 0 aliphatic carbocycles. The van der Waals surface area contributed by atoms with Gasteiger partial charge in [-0.2, -0.15) is 0 Å². The number of hydrogen-bond donors (Lipinski definition) is 0. The smallest absolute Gasteiger partial charge is 0.185 e. The largest absolute Gasteiger partial charge is 0.289 e. The molecular weight excluding hydrogens is 253 g/mol. The molecule has 0 bridgehead atoms. The van der Waals surface area contributed by atoms with E-state index in [9.17, 15) is 18.0 Å². The fourth-order valence-electron chi connectivity index (χ4n) is 1.51. The Bertz CT molecular complexity index is 630. The lowest BCUT2D eigenvalue weighted by atomic mass is 10.1. The van der Waals surface area contributed by atoms with Crippen LogP contribution in [-0.2, 0) is 0 Å². The molecule has 2 rings (SSSR count). The summed E-state index contributed by atoms with van der Waals surface area (Å²) in [4.78, 5) is 11.7. The van der Waals surface area contributed by atoms with Crippen molar-refractivity contribution < 1.29 is 18.0 Å². The van der Waals surface area contributed by atoms with Gasteiger partial charge >= 0.3 is 0 Å². The van der Waals surface area contributed by atoms with Gasteiger partial charge < -0.3 is 0 Å². The van der Waals surface area contributed by atoms with Crippen LogP contribution in [-0.4, -0.2) is 5.78 Å². The normalized spacial score (nSPS) is 10.9. The van der Waals surface area contributed by atoms with Gasteiger partial charge in [-0.05, 0) is 48.6 Å². The van der Waals surface area contributed by atoms with Crippen LogP contribution in [0.4, 0.5) is 13.2 Å². The molecule has 0 aromatic heterocycles. The quantitative estimate of drug-likeness (QED) is 0.603. The molecule has 0 saturated heterocycles. The SMILES string of the molecule is O=C(/C=C/c1ccc(F)cc1F)c1ccc(F)cc1. The molecule has 19 heavy (non-hydrogen) atoms. The van der Waals surface area contributed by atoms with Crippen LogP contribution >= 0.6 is 0 Å². The molecule has 96 valence electrons. The highest BCUT2D eigenvalue weighted by molar-refractivity contribution is 6.06. The van der Waals surface area contributed by atoms with E-state index < -0.39 is 17.5 Å². The first-order valence-corrected chi connectivity index (χ1v) is 5.49. The Hall–Kier alpha value is -2.36. The highest BCUT2D eigenvalue weighted by atomic mass is 19.1. The van der Waals surface area contributed by atoms with E-state index in [-0.39, 0.29) is 11.3 Å². The van der Waals surface area contributed by atoms with Gasteiger partial charge in [-0.25, -0.2) is 13.2 Å². The maximum Gasteiger partial charge on any atom is 0.185 e. The maximum absolute atomic E-state index is 13.3. The average molecular weight is 262 g/mol. The molecule has 0 N–H and O–H groups in total. The second kappa shape index (κ2) is 5.52. The van der Waals surface area contributed by atoms with Crippen molar-refractivity contribution in [3.63, 3.8) is 0 Å². The molecule has 0 atom stereocenters. The summed E-state index contributed by atoms with van der Waals surface area (Å²) in [7, 11) is 0. The first-order chi connectivity index (χ1) is 9.06. The Labute approximate surface area is 108 Å². The van der Waals surface area contributed by atoms with Crippen LogP contribution in [0, 0.1) is 17.5 Å². The lowest BCUT2D eigenvalue weighted by molar-refractivity contribution is 0.104. The molecule has 0 aliphatic rings. The number of carbonyl (C=O) groups is 1. The molecule has 0 radical (unpaired) electrons. The predicted octanol–water partition coefficient (Wildman–Crippen LogP) is 4.00. The van der Waals surface area contributed by atoms with Crippen molar-refractivity contribution in [2.24, 2.45) is 0 Å². The van der Waals surface area contributed by atoms with E-state index in [2.05, 4.69) is 0 Å². The van der Waals surface area contributed by atoms with Crippen LogP contribution in [0.2, 0.25) is 0 Å². The van der Waals surface area contributed by atoms with Gasteiger partial charge in [0, 0.05) is 17.2 Å². The molecule has 0 amide bonds.